The molecule has 4 atom stereocenters. The molecule has 1 aromatic carbocycles. The fourth-order valence-corrected chi connectivity index (χ4v) is 4.81. The van der Waals surface area contributed by atoms with Crippen LogP contribution in [-0.4, -0.2) is 45.9 Å². The number of hydrogen-bond acceptors (Lipinski definition) is 4. The molecule has 2 amide bonds. The third-order valence-electron chi connectivity index (χ3n) is 6.33. The predicted octanol–water partition coefficient (Wildman–Crippen LogP) is 3.90. The Labute approximate surface area is 185 Å². The van der Waals surface area contributed by atoms with E-state index in [0.29, 0.717) is 18.9 Å². The minimum atomic E-state index is -1.32. The summed E-state index contributed by atoms with van der Waals surface area (Å²) in [5.41, 5.74) is -1.93. The van der Waals surface area contributed by atoms with Gasteiger partial charge in [0, 0.05) is 24.6 Å². The summed E-state index contributed by atoms with van der Waals surface area (Å²) in [7, 11) is 0. The highest BCUT2D eigenvalue weighted by molar-refractivity contribution is 6.05. The number of β-lactam (4-membered cyclic amide) rings is 1. The number of halogens is 3. The molecule has 0 aromatic heterocycles. The molecule has 2 heterocycles. The standard InChI is InChI=1S/C23H29F3N2O4/c1-12-6-7-23(13(2)20(30)28(12)23)19(29)10-15(27-21(31)32-22(3,4)5)8-14-9-17(25)18(26)11-16(14)24/h9,11-13,15H,6-8,10H2,1-5H3,(H,27,31)/t12-,13+,15-,23?/m1/s1. The molecule has 2 aliphatic heterocycles. The van der Waals surface area contributed by atoms with E-state index in [9.17, 15) is 27.6 Å². The van der Waals surface area contributed by atoms with Gasteiger partial charge < -0.3 is 15.0 Å². The van der Waals surface area contributed by atoms with Crippen LogP contribution >= 0.6 is 0 Å². The lowest BCUT2D eigenvalue weighted by atomic mass is 9.70. The van der Waals surface area contributed by atoms with Crippen molar-refractivity contribution in [2.24, 2.45) is 5.92 Å². The van der Waals surface area contributed by atoms with E-state index in [1.54, 1.807) is 32.6 Å². The molecule has 2 aliphatic rings. The Kier molecular flexibility index (Phi) is 6.32. The molecule has 0 spiro atoms. The Morgan fingerprint density at radius 2 is 1.81 bits per heavy atom. The molecule has 0 saturated carbocycles. The lowest BCUT2D eigenvalue weighted by molar-refractivity contribution is -0.174. The minimum absolute atomic E-state index is 0.0662. The van der Waals surface area contributed by atoms with Crippen LogP contribution in [0.15, 0.2) is 12.1 Å². The highest BCUT2D eigenvalue weighted by Gasteiger charge is 2.65. The third kappa shape index (κ3) is 4.34. The molecule has 1 unspecified atom stereocenters. The van der Waals surface area contributed by atoms with Crippen molar-refractivity contribution in [3.63, 3.8) is 0 Å². The molecular formula is C23H29F3N2O4. The van der Waals surface area contributed by atoms with E-state index in [4.69, 9.17) is 4.74 Å². The van der Waals surface area contributed by atoms with Gasteiger partial charge in [-0.3, -0.25) is 9.59 Å². The zero-order valence-corrected chi connectivity index (χ0v) is 18.9. The van der Waals surface area contributed by atoms with E-state index < -0.39 is 46.6 Å². The fraction of sp³-hybridized carbons (Fsp3) is 0.609. The van der Waals surface area contributed by atoms with Crippen LogP contribution in [-0.2, 0) is 20.7 Å². The molecule has 176 valence electrons. The van der Waals surface area contributed by atoms with Crippen molar-refractivity contribution < 1.29 is 32.3 Å². The summed E-state index contributed by atoms with van der Waals surface area (Å²) in [6.45, 7) is 8.59. The smallest absolute Gasteiger partial charge is 0.407 e. The van der Waals surface area contributed by atoms with Crippen LogP contribution < -0.4 is 5.32 Å². The molecule has 2 saturated heterocycles. The molecular weight excluding hydrogens is 425 g/mol. The first kappa shape index (κ1) is 24.1. The SMILES string of the molecule is C[C@@H]1CCC2(C(=O)C[C@@H](Cc3cc(F)c(F)cc3F)NC(=O)OC(C)(C)C)[C@@H](C)C(=O)N12. The summed E-state index contributed by atoms with van der Waals surface area (Å²) in [4.78, 5) is 39.7. The maximum absolute atomic E-state index is 14.3. The van der Waals surface area contributed by atoms with Gasteiger partial charge in [0.2, 0.25) is 5.91 Å². The van der Waals surface area contributed by atoms with E-state index in [-0.39, 0.29) is 36.1 Å². The van der Waals surface area contributed by atoms with Crippen molar-refractivity contribution in [1.82, 2.24) is 10.2 Å². The summed E-state index contributed by atoms with van der Waals surface area (Å²) < 4.78 is 46.5. The van der Waals surface area contributed by atoms with Crippen molar-refractivity contribution in [1.29, 1.82) is 0 Å². The minimum Gasteiger partial charge on any atom is -0.444 e. The van der Waals surface area contributed by atoms with Gasteiger partial charge in [0.25, 0.3) is 0 Å². The second-order valence-electron chi connectivity index (χ2n) is 9.77. The number of rotatable bonds is 6. The number of ether oxygens (including phenoxy) is 1. The Morgan fingerprint density at radius 3 is 2.44 bits per heavy atom. The van der Waals surface area contributed by atoms with Crippen molar-refractivity contribution in [2.45, 2.75) is 83.5 Å². The quantitative estimate of drug-likeness (QED) is 0.523. The summed E-state index contributed by atoms with van der Waals surface area (Å²) in [5.74, 6) is -4.35. The number of ketones is 1. The summed E-state index contributed by atoms with van der Waals surface area (Å²) in [6.07, 6.45) is -0.0757. The highest BCUT2D eigenvalue weighted by atomic mass is 19.2. The number of carbonyl (C=O) groups is 3. The van der Waals surface area contributed by atoms with Crippen LogP contribution in [0.3, 0.4) is 0 Å². The van der Waals surface area contributed by atoms with Gasteiger partial charge in [-0.25, -0.2) is 18.0 Å². The first-order valence-electron chi connectivity index (χ1n) is 10.8. The third-order valence-corrected chi connectivity index (χ3v) is 6.33. The molecule has 9 heteroatoms. The second kappa shape index (κ2) is 8.41. The van der Waals surface area contributed by atoms with Crippen LogP contribution in [0.2, 0.25) is 0 Å². The summed E-state index contributed by atoms with van der Waals surface area (Å²) in [5, 5.41) is 2.56. The summed E-state index contributed by atoms with van der Waals surface area (Å²) in [6, 6.07) is 0.148. The van der Waals surface area contributed by atoms with Gasteiger partial charge in [0.05, 0.1) is 5.92 Å². The molecule has 0 radical (unpaired) electrons. The fourth-order valence-electron chi connectivity index (χ4n) is 4.81. The lowest BCUT2D eigenvalue weighted by Crippen LogP contribution is -2.72. The van der Waals surface area contributed by atoms with Crippen LogP contribution in [0.1, 0.15) is 59.4 Å². The Balaban J connectivity index is 1.84. The molecule has 2 fully saturated rings. The van der Waals surface area contributed by atoms with Gasteiger partial charge >= 0.3 is 6.09 Å². The van der Waals surface area contributed by atoms with Crippen LogP contribution in [0.25, 0.3) is 0 Å². The topological polar surface area (TPSA) is 75.7 Å². The van der Waals surface area contributed by atoms with Crippen molar-refractivity contribution in [3.8, 4) is 0 Å². The van der Waals surface area contributed by atoms with E-state index in [1.807, 2.05) is 6.92 Å². The van der Waals surface area contributed by atoms with Gasteiger partial charge in [-0.15, -0.1) is 0 Å². The van der Waals surface area contributed by atoms with E-state index in [1.165, 1.54) is 0 Å². The first-order valence-corrected chi connectivity index (χ1v) is 10.8. The van der Waals surface area contributed by atoms with Crippen molar-refractivity contribution in [2.75, 3.05) is 0 Å². The number of nitrogens with zero attached hydrogens (tertiary/aromatic N) is 1. The van der Waals surface area contributed by atoms with Gasteiger partial charge in [-0.2, -0.15) is 0 Å². The van der Waals surface area contributed by atoms with Gasteiger partial charge in [-0.05, 0) is 58.6 Å². The van der Waals surface area contributed by atoms with Crippen LogP contribution in [0.4, 0.5) is 18.0 Å². The van der Waals surface area contributed by atoms with E-state index in [0.717, 1.165) is 6.07 Å². The maximum atomic E-state index is 14.3. The normalized spacial score (nSPS) is 25.8. The number of alkyl carbamates (subject to hydrolysis) is 1. The maximum Gasteiger partial charge on any atom is 0.407 e. The number of nitrogens with one attached hydrogen (secondary N) is 1. The number of hydrogen-bond donors (Lipinski definition) is 1. The van der Waals surface area contributed by atoms with Crippen LogP contribution in [0.5, 0.6) is 0 Å². The van der Waals surface area contributed by atoms with Gasteiger partial charge in [0.1, 0.15) is 17.0 Å². The number of Topliss-reactive ketones (excluding diaryl/α,β-unsaturated/α-hetero) is 1. The Morgan fingerprint density at radius 1 is 1.19 bits per heavy atom. The molecule has 6 nitrogen and oxygen atoms in total. The monoisotopic (exact) mass is 454 g/mol. The molecule has 32 heavy (non-hydrogen) atoms. The van der Waals surface area contributed by atoms with Crippen molar-refractivity contribution in [3.05, 3.63) is 35.1 Å². The predicted molar refractivity (Wildman–Crippen MR) is 110 cm³/mol. The zero-order chi connectivity index (χ0) is 24.0. The molecule has 0 aliphatic carbocycles. The van der Waals surface area contributed by atoms with Crippen LogP contribution in [0, 0.1) is 23.4 Å². The number of fused-ring (bicyclic) bond motifs is 1. The second-order valence-corrected chi connectivity index (χ2v) is 9.77. The zero-order valence-electron chi connectivity index (χ0n) is 18.9. The average molecular weight is 454 g/mol. The van der Waals surface area contributed by atoms with Gasteiger partial charge in [0.15, 0.2) is 17.4 Å². The molecule has 0 bridgehead atoms. The largest absolute Gasteiger partial charge is 0.444 e. The lowest BCUT2D eigenvalue weighted by Gasteiger charge is -2.53. The molecule has 1 N–H and O–H groups in total. The molecule has 1 aromatic rings. The first-order chi connectivity index (χ1) is 14.8. The van der Waals surface area contributed by atoms with E-state index >= 15 is 0 Å². The highest BCUT2D eigenvalue weighted by Crippen LogP contribution is 2.50. The molecule has 3 rings (SSSR count). The number of amides is 2. The Bertz CT molecular complexity index is 946. The van der Waals surface area contributed by atoms with Gasteiger partial charge in [-0.1, -0.05) is 6.92 Å². The number of carbonyl (C=O) groups excluding carboxylic acids is 3. The Hall–Kier alpha value is -2.58. The number of benzene rings is 1. The summed E-state index contributed by atoms with van der Waals surface area (Å²) >= 11 is 0. The van der Waals surface area contributed by atoms with E-state index in [2.05, 4.69) is 5.32 Å². The average Bonchev–Trinajstić information content (AvgIpc) is 2.98. The van der Waals surface area contributed by atoms with Crippen molar-refractivity contribution >= 4 is 17.8 Å².